The Morgan fingerprint density at radius 2 is 1.90 bits per heavy atom. The summed E-state index contributed by atoms with van der Waals surface area (Å²) in [6, 6.07) is 11.8. The van der Waals surface area contributed by atoms with Gasteiger partial charge in [0.05, 0.1) is 12.7 Å². The largest absolute Gasteiger partial charge is 0.496 e. The van der Waals surface area contributed by atoms with E-state index in [1.807, 2.05) is 24.3 Å². The van der Waals surface area contributed by atoms with Crippen LogP contribution in [0.25, 0.3) is 0 Å². The highest BCUT2D eigenvalue weighted by molar-refractivity contribution is 9.10. The molecule has 0 heterocycles. The number of Topliss-reactive ketones (excluding diaryl/α,β-unsaturated/α-hetero) is 1. The molecular weight excluding hydrogens is 323 g/mol. The normalized spacial score (nSPS) is 10.3. The number of benzene rings is 2. The number of hydrogen-bond acceptors (Lipinski definition) is 2. The highest BCUT2D eigenvalue weighted by atomic mass is 79.9. The first-order chi connectivity index (χ1) is 9.60. The summed E-state index contributed by atoms with van der Waals surface area (Å²) in [4.78, 5) is 12.2. The summed E-state index contributed by atoms with van der Waals surface area (Å²) in [5, 5.41) is 0. The predicted molar refractivity (Wildman–Crippen MR) is 79.7 cm³/mol. The number of methoxy groups -OCH3 is 1. The monoisotopic (exact) mass is 336 g/mol. The first-order valence-electron chi connectivity index (χ1n) is 6.21. The zero-order valence-corrected chi connectivity index (χ0v) is 12.6. The third-order valence-electron chi connectivity index (χ3n) is 3.02. The second kappa shape index (κ2) is 6.66. The van der Waals surface area contributed by atoms with Crippen LogP contribution in [0, 0.1) is 5.82 Å². The second-order valence-electron chi connectivity index (χ2n) is 4.39. The van der Waals surface area contributed by atoms with Crippen molar-refractivity contribution in [3.8, 4) is 5.75 Å². The molecule has 0 aliphatic carbocycles. The van der Waals surface area contributed by atoms with Crippen LogP contribution in [0.3, 0.4) is 0 Å². The topological polar surface area (TPSA) is 26.3 Å². The quantitative estimate of drug-likeness (QED) is 0.756. The van der Waals surface area contributed by atoms with Crippen LogP contribution < -0.4 is 4.74 Å². The molecule has 2 aromatic rings. The average molecular weight is 337 g/mol. The standard InChI is InChI=1S/C16H14BrFO2/c1-20-16-9-7-13(18)10-14(16)15(19)8-4-11-2-5-12(17)6-3-11/h2-3,5-7,9-10H,4,8H2,1H3. The fraction of sp³-hybridized carbons (Fsp3) is 0.188. The van der Waals surface area contributed by atoms with Gasteiger partial charge in [-0.15, -0.1) is 0 Å². The van der Waals surface area contributed by atoms with Gasteiger partial charge in [0, 0.05) is 10.9 Å². The first kappa shape index (κ1) is 14.7. The lowest BCUT2D eigenvalue weighted by Crippen LogP contribution is -2.04. The fourth-order valence-corrected chi connectivity index (χ4v) is 2.21. The Labute approximate surface area is 125 Å². The Morgan fingerprint density at radius 1 is 1.20 bits per heavy atom. The van der Waals surface area contributed by atoms with E-state index in [4.69, 9.17) is 4.74 Å². The van der Waals surface area contributed by atoms with E-state index in [1.54, 1.807) is 0 Å². The van der Waals surface area contributed by atoms with Crippen molar-refractivity contribution in [2.75, 3.05) is 7.11 Å². The Bertz CT molecular complexity index is 608. The fourth-order valence-electron chi connectivity index (χ4n) is 1.94. The van der Waals surface area contributed by atoms with Gasteiger partial charge in [-0.2, -0.15) is 0 Å². The molecule has 0 fully saturated rings. The van der Waals surface area contributed by atoms with Gasteiger partial charge in [0.2, 0.25) is 0 Å². The van der Waals surface area contributed by atoms with E-state index in [1.165, 1.54) is 25.3 Å². The van der Waals surface area contributed by atoms with E-state index in [2.05, 4.69) is 15.9 Å². The molecule has 0 amide bonds. The molecule has 2 nitrogen and oxygen atoms in total. The van der Waals surface area contributed by atoms with Crippen molar-refractivity contribution < 1.29 is 13.9 Å². The van der Waals surface area contributed by atoms with Gasteiger partial charge in [-0.3, -0.25) is 4.79 Å². The minimum Gasteiger partial charge on any atom is -0.496 e. The van der Waals surface area contributed by atoms with Crippen molar-refractivity contribution in [3.63, 3.8) is 0 Å². The summed E-state index contributed by atoms with van der Waals surface area (Å²) in [5.41, 5.74) is 1.36. The number of rotatable bonds is 5. The summed E-state index contributed by atoms with van der Waals surface area (Å²) in [6.45, 7) is 0. The van der Waals surface area contributed by atoms with Gasteiger partial charge in [-0.25, -0.2) is 4.39 Å². The maximum atomic E-state index is 13.2. The molecule has 0 saturated heterocycles. The number of hydrogen-bond donors (Lipinski definition) is 0. The lowest BCUT2D eigenvalue weighted by molar-refractivity contribution is 0.0979. The Kier molecular flexibility index (Phi) is 4.90. The Morgan fingerprint density at radius 3 is 2.55 bits per heavy atom. The summed E-state index contributed by atoms with van der Waals surface area (Å²) in [6.07, 6.45) is 0.938. The summed E-state index contributed by atoms with van der Waals surface area (Å²) in [7, 11) is 1.47. The van der Waals surface area contributed by atoms with E-state index < -0.39 is 5.82 Å². The number of aryl methyl sites for hydroxylation is 1. The lowest BCUT2D eigenvalue weighted by Gasteiger charge is -2.08. The van der Waals surface area contributed by atoms with Gasteiger partial charge >= 0.3 is 0 Å². The van der Waals surface area contributed by atoms with Crippen LogP contribution in [0.4, 0.5) is 4.39 Å². The minimum atomic E-state index is -0.433. The maximum absolute atomic E-state index is 13.2. The van der Waals surface area contributed by atoms with Crippen molar-refractivity contribution in [2.45, 2.75) is 12.8 Å². The number of carbonyl (C=O) groups is 1. The van der Waals surface area contributed by atoms with Gasteiger partial charge in [-0.05, 0) is 42.3 Å². The molecule has 104 valence electrons. The molecule has 2 rings (SSSR count). The molecule has 0 saturated carbocycles. The van der Waals surface area contributed by atoms with Crippen molar-refractivity contribution in [1.82, 2.24) is 0 Å². The van der Waals surface area contributed by atoms with Crippen LogP contribution in [-0.2, 0) is 6.42 Å². The maximum Gasteiger partial charge on any atom is 0.167 e. The summed E-state index contributed by atoms with van der Waals surface area (Å²) >= 11 is 3.36. The van der Waals surface area contributed by atoms with E-state index >= 15 is 0 Å². The van der Waals surface area contributed by atoms with E-state index in [9.17, 15) is 9.18 Å². The smallest absolute Gasteiger partial charge is 0.167 e. The minimum absolute atomic E-state index is 0.121. The van der Waals surface area contributed by atoms with Crippen molar-refractivity contribution in [2.24, 2.45) is 0 Å². The van der Waals surface area contributed by atoms with Crippen LogP contribution in [0.2, 0.25) is 0 Å². The molecule has 0 unspecified atom stereocenters. The van der Waals surface area contributed by atoms with Crippen LogP contribution in [0.15, 0.2) is 46.9 Å². The molecule has 0 aromatic heterocycles. The number of ether oxygens (including phenoxy) is 1. The second-order valence-corrected chi connectivity index (χ2v) is 5.31. The van der Waals surface area contributed by atoms with Crippen LogP contribution in [0.5, 0.6) is 5.75 Å². The Hall–Kier alpha value is -1.68. The first-order valence-corrected chi connectivity index (χ1v) is 7.00. The van der Waals surface area contributed by atoms with Gasteiger partial charge in [0.15, 0.2) is 5.78 Å². The number of halogens is 2. The van der Waals surface area contributed by atoms with Crippen molar-refractivity contribution in [3.05, 3.63) is 63.9 Å². The summed E-state index contributed by atoms with van der Waals surface area (Å²) in [5.74, 6) is -0.144. The SMILES string of the molecule is COc1ccc(F)cc1C(=O)CCc1ccc(Br)cc1. The van der Waals surface area contributed by atoms with Gasteiger partial charge in [0.25, 0.3) is 0 Å². The Balaban J connectivity index is 2.08. The molecule has 0 aliphatic rings. The third kappa shape index (κ3) is 3.67. The van der Waals surface area contributed by atoms with Crippen LogP contribution >= 0.6 is 15.9 Å². The molecule has 0 radical (unpaired) electrons. The zero-order valence-electron chi connectivity index (χ0n) is 11.0. The molecular formula is C16H14BrFO2. The van der Waals surface area contributed by atoms with E-state index in [0.717, 1.165) is 10.0 Å². The van der Waals surface area contributed by atoms with E-state index in [0.29, 0.717) is 24.2 Å². The van der Waals surface area contributed by atoms with Crippen LogP contribution in [-0.4, -0.2) is 12.9 Å². The molecule has 0 atom stereocenters. The highest BCUT2D eigenvalue weighted by Crippen LogP contribution is 2.22. The van der Waals surface area contributed by atoms with Crippen molar-refractivity contribution in [1.29, 1.82) is 0 Å². The van der Waals surface area contributed by atoms with Gasteiger partial charge < -0.3 is 4.74 Å². The number of carbonyl (C=O) groups excluding carboxylic acids is 1. The predicted octanol–water partition coefficient (Wildman–Crippen LogP) is 4.41. The van der Waals surface area contributed by atoms with E-state index in [-0.39, 0.29) is 5.78 Å². The molecule has 0 bridgehead atoms. The molecule has 4 heteroatoms. The molecule has 2 aromatic carbocycles. The van der Waals surface area contributed by atoms with Gasteiger partial charge in [0.1, 0.15) is 11.6 Å². The third-order valence-corrected chi connectivity index (χ3v) is 3.54. The average Bonchev–Trinajstić information content (AvgIpc) is 2.46. The molecule has 0 N–H and O–H groups in total. The van der Waals surface area contributed by atoms with Crippen molar-refractivity contribution >= 4 is 21.7 Å². The zero-order chi connectivity index (χ0) is 14.5. The summed E-state index contributed by atoms with van der Waals surface area (Å²) < 4.78 is 19.3. The molecule has 20 heavy (non-hydrogen) atoms. The molecule has 0 aliphatic heterocycles. The highest BCUT2D eigenvalue weighted by Gasteiger charge is 2.13. The lowest BCUT2D eigenvalue weighted by atomic mass is 10.0. The van der Waals surface area contributed by atoms with Crippen LogP contribution in [0.1, 0.15) is 22.3 Å². The molecule has 0 spiro atoms. The number of ketones is 1. The van der Waals surface area contributed by atoms with Gasteiger partial charge in [-0.1, -0.05) is 28.1 Å².